The number of nitrogens with zero attached hydrogens (tertiary/aromatic N) is 2. The third-order valence-corrected chi connectivity index (χ3v) is 5.13. The first-order chi connectivity index (χ1) is 13.7. The van der Waals surface area contributed by atoms with Crippen LogP contribution in [0, 0.1) is 6.92 Å². The SMILES string of the molecule is Cc1ccc(CCC(=O)N2CCN(C(=O)c3ccc(C(F)(F)F)cc3)CC2)cc1. The lowest BCUT2D eigenvalue weighted by Gasteiger charge is -2.35. The van der Waals surface area contributed by atoms with Crippen molar-refractivity contribution in [3.63, 3.8) is 0 Å². The highest BCUT2D eigenvalue weighted by Crippen LogP contribution is 2.29. The van der Waals surface area contributed by atoms with Gasteiger partial charge in [0.05, 0.1) is 5.56 Å². The third kappa shape index (κ3) is 5.37. The molecule has 3 rings (SSSR count). The molecule has 2 aromatic rings. The van der Waals surface area contributed by atoms with E-state index in [9.17, 15) is 22.8 Å². The van der Waals surface area contributed by atoms with Crippen molar-refractivity contribution >= 4 is 11.8 Å². The molecule has 1 aliphatic rings. The molecule has 0 radical (unpaired) electrons. The van der Waals surface area contributed by atoms with Gasteiger partial charge in [0.25, 0.3) is 5.91 Å². The van der Waals surface area contributed by atoms with Crippen LogP contribution in [0.2, 0.25) is 0 Å². The molecule has 1 aliphatic heterocycles. The Morgan fingerprint density at radius 3 is 1.97 bits per heavy atom. The van der Waals surface area contributed by atoms with Gasteiger partial charge in [-0.3, -0.25) is 9.59 Å². The molecule has 1 saturated heterocycles. The summed E-state index contributed by atoms with van der Waals surface area (Å²) in [5, 5.41) is 0. The van der Waals surface area contributed by atoms with Gasteiger partial charge in [0.15, 0.2) is 0 Å². The minimum Gasteiger partial charge on any atom is -0.339 e. The van der Waals surface area contributed by atoms with Gasteiger partial charge in [0.2, 0.25) is 5.91 Å². The van der Waals surface area contributed by atoms with E-state index in [0.717, 1.165) is 17.7 Å². The lowest BCUT2D eigenvalue weighted by Crippen LogP contribution is -2.50. The van der Waals surface area contributed by atoms with Crippen molar-refractivity contribution < 1.29 is 22.8 Å². The maximum absolute atomic E-state index is 12.7. The van der Waals surface area contributed by atoms with E-state index in [4.69, 9.17) is 0 Å². The Balaban J connectivity index is 1.49. The van der Waals surface area contributed by atoms with Crippen LogP contribution in [0.3, 0.4) is 0 Å². The quantitative estimate of drug-likeness (QED) is 0.775. The molecular weight excluding hydrogens is 381 g/mol. The Labute approximate surface area is 167 Å². The monoisotopic (exact) mass is 404 g/mol. The number of hydrogen-bond donors (Lipinski definition) is 0. The summed E-state index contributed by atoms with van der Waals surface area (Å²) >= 11 is 0. The molecule has 0 N–H and O–H groups in total. The van der Waals surface area contributed by atoms with Gasteiger partial charge in [0.1, 0.15) is 0 Å². The molecule has 29 heavy (non-hydrogen) atoms. The molecule has 0 spiro atoms. The lowest BCUT2D eigenvalue weighted by atomic mass is 10.1. The van der Waals surface area contributed by atoms with Gasteiger partial charge in [0, 0.05) is 38.2 Å². The maximum atomic E-state index is 12.7. The predicted octanol–water partition coefficient (Wildman–Crippen LogP) is 3.93. The van der Waals surface area contributed by atoms with Crippen LogP contribution in [-0.2, 0) is 17.4 Å². The van der Waals surface area contributed by atoms with Crippen molar-refractivity contribution in [1.82, 2.24) is 9.80 Å². The number of hydrogen-bond acceptors (Lipinski definition) is 2. The molecule has 1 fully saturated rings. The van der Waals surface area contributed by atoms with Gasteiger partial charge < -0.3 is 9.80 Å². The molecule has 0 saturated carbocycles. The Bertz CT molecular complexity index is 853. The highest BCUT2D eigenvalue weighted by Gasteiger charge is 2.31. The molecule has 0 atom stereocenters. The summed E-state index contributed by atoms with van der Waals surface area (Å²) in [4.78, 5) is 28.3. The molecule has 2 aromatic carbocycles. The first kappa shape index (κ1) is 20.9. The number of alkyl halides is 3. The minimum absolute atomic E-state index is 0.0483. The Kier molecular flexibility index (Phi) is 6.25. The summed E-state index contributed by atoms with van der Waals surface area (Å²) in [6.07, 6.45) is -3.34. The van der Waals surface area contributed by atoms with Crippen LogP contribution in [-0.4, -0.2) is 47.8 Å². The number of benzene rings is 2. The summed E-state index contributed by atoms with van der Waals surface area (Å²) < 4.78 is 38.0. The van der Waals surface area contributed by atoms with Crippen LogP contribution in [0.4, 0.5) is 13.2 Å². The number of carbonyl (C=O) groups is 2. The first-order valence-electron chi connectivity index (χ1n) is 9.54. The van der Waals surface area contributed by atoms with Crippen molar-refractivity contribution in [1.29, 1.82) is 0 Å². The van der Waals surface area contributed by atoms with E-state index in [0.29, 0.717) is 39.0 Å². The van der Waals surface area contributed by atoms with Gasteiger partial charge in [-0.2, -0.15) is 13.2 Å². The van der Waals surface area contributed by atoms with Crippen molar-refractivity contribution in [2.24, 2.45) is 0 Å². The fourth-order valence-electron chi connectivity index (χ4n) is 3.31. The summed E-state index contributed by atoms with van der Waals surface area (Å²) in [5.74, 6) is -0.266. The van der Waals surface area contributed by atoms with E-state index < -0.39 is 11.7 Å². The van der Waals surface area contributed by atoms with Crippen LogP contribution in [0.1, 0.15) is 33.5 Å². The van der Waals surface area contributed by atoms with E-state index >= 15 is 0 Å². The molecular formula is C22H23F3N2O2. The normalized spacial score (nSPS) is 14.8. The Morgan fingerprint density at radius 2 is 1.41 bits per heavy atom. The average molecular weight is 404 g/mol. The highest BCUT2D eigenvalue weighted by atomic mass is 19.4. The molecule has 0 aromatic heterocycles. The lowest BCUT2D eigenvalue weighted by molar-refractivity contribution is -0.137. The fourth-order valence-corrected chi connectivity index (χ4v) is 3.31. The standard InChI is InChI=1S/C22H23F3N2O2/c1-16-2-4-17(5-3-16)6-11-20(28)26-12-14-27(15-13-26)21(29)18-7-9-19(10-8-18)22(23,24)25/h2-5,7-10H,6,11-15H2,1H3. The van der Waals surface area contributed by atoms with Crippen LogP contribution < -0.4 is 0 Å². The van der Waals surface area contributed by atoms with Gasteiger partial charge in [-0.1, -0.05) is 29.8 Å². The van der Waals surface area contributed by atoms with Crippen LogP contribution in [0.5, 0.6) is 0 Å². The van der Waals surface area contributed by atoms with Crippen molar-refractivity contribution in [3.05, 3.63) is 70.8 Å². The van der Waals surface area contributed by atoms with Crippen LogP contribution in [0.25, 0.3) is 0 Å². The molecule has 1 heterocycles. The summed E-state index contributed by atoms with van der Waals surface area (Å²) in [7, 11) is 0. The first-order valence-corrected chi connectivity index (χ1v) is 9.54. The second-order valence-corrected chi connectivity index (χ2v) is 7.23. The zero-order chi connectivity index (χ0) is 21.0. The number of rotatable bonds is 4. The van der Waals surface area contributed by atoms with Gasteiger partial charge in [-0.05, 0) is 43.2 Å². The minimum atomic E-state index is -4.42. The molecule has 7 heteroatoms. The average Bonchev–Trinajstić information content (AvgIpc) is 2.72. The maximum Gasteiger partial charge on any atom is 0.416 e. The van der Waals surface area contributed by atoms with E-state index in [2.05, 4.69) is 0 Å². The van der Waals surface area contributed by atoms with Gasteiger partial charge in [-0.25, -0.2) is 0 Å². The van der Waals surface area contributed by atoms with Crippen molar-refractivity contribution in [2.75, 3.05) is 26.2 Å². The summed E-state index contributed by atoms with van der Waals surface area (Å²) in [5.41, 5.74) is 1.73. The van der Waals surface area contributed by atoms with Crippen molar-refractivity contribution in [3.8, 4) is 0 Å². The topological polar surface area (TPSA) is 40.6 Å². The van der Waals surface area contributed by atoms with Crippen molar-refractivity contribution in [2.45, 2.75) is 25.9 Å². The molecule has 2 amide bonds. The van der Waals surface area contributed by atoms with Crippen LogP contribution in [0.15, 0.2) is 48.5 Å². The van der Waals surface area contributed by atoms with E-state index in [1.807, 2.05) is 31.2 Å². The van der Waals surface area contributed by atoms with Gasteiger partial charge in [-0.15, -0.1) is 0 Å². The number of halogens is 3. The largest absolute Gasteiger partial charge is 0.416 e. The highest BCUT2D eigenvalue weighted by molar-refractivity contribution is 5.94. The Hall–Kier alpha value is -2.83. The smallest absolute Gasteiger partial charge is 0.339 e. The number of amides is 2. The molecule has 0 aliphatic carbocycles. The van der Waals surface area contributed by atoms with E-state index in [-0.39, 0.29) is 17.4 Å². The molecule has 0 unspecified atom stereocenters. The molecule has 4 nitrogen and oxygen atoms in total. The van der Waals surface area contributed by atoms with Gasteiger partial charge >= 0.3 is 6.18 Å². The van der Waals surface area contributed by atoms with E-state index in [1.54, 1.807) is 9.80 Å². The van der Waals surface area contributed by atoms with Crippen LogP contribution >= 0.6 is 0 Å². The number of piperazine rings is 1. The molecule has 0 bridgehead atoms. The number of carbonyl (C=O) groups excluding carboxylic acids is 2. The Morgan fingerprint density at radius 1 is 0.862 bits per heavy atom. The zero-order valence-electron chi connectivity index (χ0n) is 16.2. The number of aryl methyl sites for hydroxylation is 2. The summed E-state index contributed by atoms with van der Waals surface area (Å²) in [6, 6.07) is 12.3. The fraction of sp³-hybridized carbons (Fsp3) is 0.364. The zero-order valence-corrected chi connectivity index (χ0v) is 16.2. The second-order valence-electron chi connectivity index (χ2n) is 7.23. The predicted molar refractivity (Wildman–Crippen MR) is 103 cm³/mol. The second kappa shape index (κ2) is 8.68. The summed E-state index contributed by atoms with van der Waals surface area (Å²) in [6.45, 7) is 3.62. The third-order valence-electron chi connectivity index (χ3n) is 5.13. The molecule has 154 valence electrons. The van der Waals surface area contributed by atoms with E-state index in [1.165, 1.54) is 17.7 Å².